The zero-order valence-electron chi connectivity index (χ0n) is 27.4. The van der Waals surface area contributed by atoms with Gasteiger partial charge in [-0.15, -0.1) is 0 Å². The summed E-state index contributed by atoms with van der Waals surface area (Å²) in [5.74, 6) is 3.13. The van der Waals surface area contributed by atoms with Gasteiger partial charge in [0.1, 0.15) is 6.29 Å². The molecule has 2 atom stereocenters. The molecule has 0 N–H and O–H groups in total. The maximum Gasteiger partial charge on any atom is 0.305 e. The monoisotopic (exact) mass is 564 g/mol. The first-order valence-corrected chi connectivity index (χ1v) is 17.7. The number of ether oxygens (including phenoxy) is 1. The third-order valence-corrected chi connectivity index (χ3v) is 9.25. The van der Waals surface area contributed by atoms with Gasteiger partial charge in [0, 0.05) is 12.8 Å². The first kappa shape index (κ1) is 37.1. The summed E-state index contributed by atoms with van der Waals surface area (Å²) < 4.78 is 5.55. The van der Waals surface area contributed by atoms with E-state index < -0.39 is 0 Å². The summed E-state index contributed by atoms with van der Waals surface area (Å²) in [6.45, 7) is 13.8. The number of hydrogen-bond donors (Lipinski definition) is 0. The fourth-order valence-electron chi connectivity index (χ4n) is 6.43. The number of rotatable bonds is 28. The summed E-state index contributed by atoms with van der Waals surface area (Å²) >= 11 is 0. The standard InChI is InChI=1S/C36H69NO3/c1-32(2)25-26-35(33(3)4)23-19-31-40-36(39)24-14-10-7-9-13-21-34(20-12-8-5-6-11-17-30-38)22-18-29-37-27-15-16-28-37/h30,32-35H,5-29,31H2,1-4H3. The first-order valence-electron chi connectivity index (χ1n) is 17.7. The average molecular weight is 564 g/mol. The van der Waals surface area contributed by atoms with Crippen molar-refractivity contribution in [1.82, 2.24) is 4.90 Å². The molecule has 0 aliphatic carbocycles. The largest absolute Gasteiger partial charge is 0.466 e. The van der Waals surface area contributed by atoms with Crippen LogP contribution in [0.3, 0.4) is 0 Å². The van der Waals surface area contributed by atoms with Crippen LogP contribution in [0.15, 0.2) is 0 Å². The van der Waals surface area contributed by atoms with Crippen molar-refractivity contribution in [3.8, 4) is 0 Å². The Morgan fingerprint density at radius 1 is 0.700 bits per heavy atom. The maximum absolute atomic E-state index is 12.2. The number of nitrogens with zero attached hydrogens (tertiary/aromatic N) is 1. The van der Waals surface area contributed by atoms with Crippen LogP contribution >= 0.6 is 0 Å². The van der Waals surface area contributed by atoms with Gasteiger partial charge in [0.2, 0.25) is 0 Å². The molecule has 0 aromatic heterocycles. The van der Waals surface area contributed by atoms with Gasteiger partial charge >= 0.3 is 5.97 Å². The van der Waals surface area contributed by atoms with Gasteiger partial charge in [-0.3, -0.25) is 4.79 Å². The summed E-state index contributed by atoms with van der Waals surface area (Å²) in [5.41, 5.74) is 0. The van der Waals surface area contributed by atoms with Gasteiger partial charge in [-0.1, -0.05) is 98.3 Å². The van der Waals surface area contributed by atoms with Crippen molar-refractivity contribution < 1.29 is 14.3 Å². The molecule has 0 amide bonds. The lowest BCUT2D eigenvalue weighted by Gasteiger charge is -2.21. The van der Waals surface area contributed by atoms with Crippen LogP contribution in [0.4, 0.5) is 0 Å². The molecule has 2 unspecified atom stereocenters. The average Bonchev–Trinajstić information content (AvgIpc) is 3.44. The molecule has 4 heteroatoms. The predicted octanol–water partition coefficient (Wildman–Crippen LogP) is 10.2. The number of hydrogen-bond acceptors (Lipinski definition) is 4. The Bertz CT molecular complexity index is 585. The van der Waals surface area contributed by atoms with E-state index in [0.29, 0.717) is 18.9 Å². The highest BCUT2D eigenvalue weighted by atomic mass is 16.5. The van der Waals surface area contributed by atoms with Crippen LogP contribution in [0.1, 0.15) is 169 Å². The van der Waals surface area contributed by atoms with Crippen molar-refractivity contribution in [1.29, 1.82) is 0 Å². The summed E-state index contributed by atoms with van der Waals surface area (Å²) in [4.78, 5) is 25.3. The molecule has 0 radical (unpaired) electrons. The molecule has 1 rings (SSSR count). The molecule has 1 saturated heterocycles. The van der Waals surface area contributed by atoms with E-state index in [1.165, 1.54) is 122 Å². The van der Waals surface area contributed by atoms with Crippen molar-refractivity contribution in [2.45, 2.75) is 169 Å². The predicted molar refractivity (Wildman–Crippen MR) is 172 cm³/mol. The van der Waals surface area contributed by atoms with Crippen molar-refractivity contribution in [2.75, 3.05) is 26.2 Å². The normalized spacial score (nSPS) is 15.7. The van der Waals surface area contributed by atoms with E-state index in [2.05, 4.69) is 32.6 Å². The van der Waals surface area contributed by atoms with Crippen molar-refractivity contribution in [2.24, 2.45) is 23.7 Å². The van der Waals surface area contributed by atoms with Gasteiger partial charge in [-0.05, 0) is 101 Å². The maximum atomic E-state index is 12.2. The Balaban J connectivity index is 2.11. The lowest BCUT2D eigenvalue weighted by Crippen LogP contribution is -2.21. The minimum atomic E-state index is 0.00695. The SMILES string of the molecule is CC(C)CCC(CCCOC(=O)CCCCCCCC(CCCCCCCC=O)CCCN1CCCC1)C(C)C. The smallest absolute Gasteiger partial charge is 0.305 e. The second-order valence-corrected chi connectivity index (χ2v) is 13.7. The molecule has 236 valence electrons. The number of likely N-dealkylation sites (tertiary alicyclic amines) is 1. The molecule has 1 heterocycles. The highest BCUT2D eigenvalue weighted by Crippen LogP contribution is 2.25. The van der Waals surface area contributed by atoms with Crippen molar-refractivity contribution in [3.05, 3.63) is 0 Å². The van der Waals surface area contributed by atoms with Crippen LogP contribution in [-0.4, -0.2) is 43.4 Å². The fourth-order valence-corrected chi connectivity index (χ4v) is 6.43. The number of carbonyl (C=O) groups is 2. The quantitative estimate of drug-likeness (QED) is 0.0539. The molecule has 0 saturated carbocycles. The summed E-state index contributed by atoms with van der Waals surface area (Å²) in [6, 6.07) is 0. The van der Waals surface area contributed by atoms with Gasteiger partial charge in [0.25, 0.3) is 0 Å². The Hall–Kier alpha value is -0.900. The van der Waals surface area contributed by atoms with Gasteiger partial charge in [0.15, 0.2) is 0 Å². The lowest BCUT2D eigenvalue weighted by atomic mass is 9.85. The second-order valence-electron chi connectivity index (χ2n) is 13.7. The summed E-state index contributed by atoms with van der Waals surface area (Å²) in [7, 11) is 0. The minimum Gasteiger partial charge on any atom is -0.466 e. The molecule has 40 heavy (non-hydrogen) atoms. The van der Waals surface area contributed by atoms with Crippen molar-refractivity contribution in [3.63, 3.8) is 0 Å². The molecule has 0 spiro atoms. The molecular formula is C36H69NO3. The summed E-state index contributed by atoms with van der Waals surface area (Å²) in [5, 5.41) is 0. The zero-order valence-corrected chi connectivity index (χ0v) is 27.4. The molecule has 0 bridgehead atoms. The third kappa shape index (κ3) is 21.8. The number of esters is 1. The minimum absolute atomic E-state index is 0.00695. The molecule has 4 nitrogen and oxygen atoms in total. The molecule has 1 aliphatic rings. The highest BCUT2D eigenvalue weighted by molar-refractivity contribution is 5.69. The molecule has 0 aromatic rings. The molecule has 1 aliphatic heterocycles. The topological polar surface area (TPSA) is 46.6 Å². The van der Waals surface area contributed by atoms with E-state index in [4.69, 9.17) is 4.74 Å². The number of aldehydes is 1. The van der Waals surface area contributed by atoms with Gasteiger partial charge < -0.3 is 14.4 Å². The fraction of sp³-hybridized carbons (Fsp3) is 0.944. The molecule has 0 aromatic carbocycles. The van der Waals surface area contributed by atoms with Crippen LogP contribution in [0.25, 0.3) is 0 Å². The van der Waals surface area contributed by atoms with Crippen LogP contribution in [-0.2, 0) is 14.3 Å². The van der Waals surface area contributed by atoms with E-state index in [1.54, 1.807) is 0 Å². The van der Waals surface area contributed by atoms with E-state index in [1.807, 2.05) is 0 Å². The zero-order chi connectivity index (χ0) is 29.3. The van der Waals surface area contributed by atoms with E-state index in [9.17, 15) is 9.59 Å². The molecule has 1 fully saturated rings. The number of carbonyl (C=O) groups excluding carboxylic acids is 2. The first-order chi connectivity index (χ1) is 19.4. The Labute approximate surface area is 250 Å². The van der Waals surface area contributed by atoms with E-state index in [0.717, 1.165) is 56.1 Å². The third-order valence-electron chi connectivity index (χ3n) is 9.25. The van der Waals surface area contributed by atoms with Crippen molar-refractivity contribution >= 4 is 12.3 Å². The van der Waals surface area contributed by atoms with Gasteiger partial charge in [0.05, 0.1) is 6.61 Å². The van der Waals surface area contributed by atoms with Crippen LogP contribution in [0.2, 0.25) is 0 Å². The van der Waals surface area contributed by atoms with Gasteiger partial charge in [-0.25, -0.2) is 0 Å². The Morgan fingerprint density at radius 2 is 1.30 bits per heavy atom. The van der Waals surface area contributed by atoms with Crippen LogP contribution in [0, 0.1) is 23.7 Å². The van der Waals surface area contributed by atoms with Crippen LogP contribution < -0.4 is 0 Å². The van der Waals surface area contributed by atoms with Crippen LogP contribution in [0.5, 0.6) is 0 Å². The number of unbranched alkanes of at least 4 members (excludes halogenated alkanes) is 9. The molecular weight excluding hydrogens is 494 g/mol. The Kier molecular flexibility index (Phi) is 23.9. The highest BCUT2D eigenvalue weighted by Gasteiger charge is 2.15. The van der Waals surface area contributed by atoms with Gasteiger partial charge in [-0.2, -0.15) is 0 Å². The van der Waals surface area contributed by atoms with E-state index >= 15 is 0 Å². The Morgan fingerprint density at radius 3 is 1.93 bits per heavy atom. The summed E-state index contributed by atoms with van der Waals surface area (Å²) in [6.07, 6.45) is 27.7. The lowest BCUT2D eigenvalue weighted by molar-refractivity contribution is -0.144. The second kappa shape index (κ2) is 25.8. The van der Waals surface area contributed by atoms with E-state index in [-0.39, 0.29) is 5.97 Å².